The van der Waals surface area contributed by atoms with Crippen molar-refractivity contribution in [3.63, 3.8) is 0 Å². The molecule has 0 radical (unpaired) electrons. The number of likely N-dealkylation sites (N-methyl/N-ethyl adjacent to an activating group) is 1. The minimum absolute atomic E-state index is 0.0614. The van der Waals surface area contributed by atoms with Crippen LogP contribution in [0.3, 0.4) is 0 Å². The third-order valence-electron chi connectivity index (χ3n) is 4.69. The Kier molecular flexibility index (Phi) is 6.92. The first-order valence-corrected chi connectivity index (χ1v) is 10.8. The van der Waals surface area contributed by atoms with Crippen molar-refractivity contribution in [2.45, 2.75) is 24.8 Å². The zero-order valence-electron chi connectivity index (χ0n) is 15.8. The third-order valence-corrected chi connectivity index (χ3v) is 5.80. The molecule has 0 saturated heterocycles. The van der Waals surface area contributed by atoms with E-state index in [1.807, 2.05) is 18.2 Å². The molecule has 146 valence electrons. The van der Waals surface area contributed by atoms with Crippen molar-refractivity contribution in [1.29, 1.82) is 0 Å². The molecular formula is C19H26N3O4S+. The Balaban J connectivity index is 2.32. The molecule has 2 aromatic rings. The fraction of sp³-hybridized carbons (Fsp3) is 0.368. The van der Waals surface area contributed by atoms with E-state index in [-0.39, 0.29) is 16.6 Å². The summed E-state index contributed by atoms with van der Waals surface area (Å²) in [7, 11) is -3.51. The topological polar surface area (TPSA) is 93.8 Å². The summed E-state index contributed by atoms with van der Waals surface area (Å²) in [6.07, 6.45) is 1.04. The lowest BCUT2D eigenvalue weighted by atomic mass is 10.0. The summed E-state index contributed by atoms with van der Waals surface area (Å²) in [4.78, 5) is 12.2. The van der Waals surface area contributed by atoms with Gasteiger partial charge < -0.3 is 10.2 Å². The van der Waals surface area contributed by atoms with Gasteiger partial charge in [0.05, 0.1) is 29.5 Å². The predicted molar refractivity (Wildman–Crippen MR) is 106 cm³/mol. The van der Waals surface area contributed by atoms with Crippen LogP contribution < -0.4 is 10.2 Å². The molecule has 0 unspecified atom stereocenters. The fourth-order valence-corrected chi connectivity index (χ4v) is 3.82. The van der Waals surface area contributed by atoms with E-state index in [9.17, 15) is 18.5 Å². The maximum atomic E-state index is 11.7. The molecule has 0 spiro atoms. The van der Waals surface area contributed by atoms with Gasteiger partial charge in [-0.1, -0.05) is 30.3 Å². The summed E-state index contributed by atoms with van der Waals surface area (Å²) in [5.74, 6) is 0. The van der Waals surface area contributed by atoms with Gasteiger partial charge in [0.1, 0.15) is 11.7 Å². The number of nitro groups is 1. The molecular weight excluding hydrogens is 366 g/mol. The van der Waals surface area contributed by atoms with Gasteiger partial charge in [-0.25, -0.2) is 8.42 Å². The second-order valence-corrected chi connectivity index (χ2v) is 8.43. The molecule has 0 amide bonds. The Morgan fingerprint density at radius 1 is 1.11 bits per heavy atom. The number of benzene rings is 2. The highest BCUT2D eigenvalue weighted by atomic mass is 32.2. The van der Waals surface area contributed by atoms with Gasteiger partial charge in [0.15, 0.2) is 9.84 Å². The molecule has 0 bridgehead atoms. The number of anilines is 1. The molecule has 0 aliphatic rings. The number of nitro benzene ring substituents is 1. The van der Waals surface area contributed by atoms with Gasteiger partial charge in [0.2, 0.25) is 0 Å². The number of hydrogen-bond donors (Lipinski definition) is 2. The van der Waals surface area contributed by atoms with Crippen LogP contribution >= 0.6 is 0 Å². The minimum atomic E-state index is -3.51. The van der Waals surface area contributed by atoms with E-state index in [2.05, 4.69) is 31.3 Å². The smallest absolute Gasteiger partial charge is 0.293 e. The molecule has 0 saturated carbocycles. The van der Waals surface area contributed by atoms with Crippen LogP contribution in [0.25, 0.3) is 0 Å². The number of sulfone groups is 1. The Morgan fingerprint density at radius 3 is 2.26 bits per heavy atom. The molecule has 0 heterocycles. The maximum absolute atomic E-state index is 11.7. The first kappa shape index (κ1) is 20.9. The van der Waals surface area contributed by atoms with Crippen molar-refractivity contribution < 1.29 is 18.2 Å². The van der Waals surface area contributed by atoms with E-state index < -0.39 is 14.8 Å². The first-order valence-electron chi connectivity index (χ1n) is 8.89. The highest BCUT2D eigenvalue weighted by molar-refractivity contribution is 7.90. The lowest BCUT2D eigenvalue weighted by Crippen LogP contribution is -3.12. The van der Waals surface area contributed by atoms with Crippen molar-refractivity contribution in [3.8, 4) is 0 Å². The van der Waals surface area contributed by atoms with Crippen LogP contribution in [0, 0.1) is 10.1 Å². The van der Waals surface area contributed by atoms with Crippen LogP contribution in [0.1, 0.15) is 25.5 Å². The SMILES string of the molecule is CC[NH+](CC)[C@H](CNc1ccc(S(C)(=O)=O)cc1[N+](=O)[O-])c1ccccc1. The van der Waals surface area contributed by atoms with Crippen molar-refractivity contribution >= 4 is 21.2 Å². The molecule has 1 atom stereocenters. The average molecular weight is 393 g/mol. The van der Waals surface area contributed by atoms with Gasteiger partial charge in [0, 0.05) is 17.9 Å². The third kappa shape index (κ3) is 5.27. The Bertz CT molecular complexity index is 881. The molecule has 0 aromatic heterocycles. The first-order chi connectivity index (χ1) is 12.8. The monoisotopic (exact) mass is 392 g/mol. The van der Waals surface area contributed by atoms with Gasteiger partial charge in [-0.05, 0) is 26.0 Å². The van der Waals surface area contributed by atoms with Gasteiger partial charge in [-0.2, -0.15) is 0 Å². The fourth-order valence-electron chi connectivity index (χ4n) is 3.18. The summed E-state index contributed by atoms with van der Waals surface area (Å²) in [5, 5.41) is 14.6. The van der Waals surface area contributed by atoms with Gasteiger partial charge in [-0.15, -0.1) is 0 Å². The average Bonchev–Trinajstić information content (AvgIpc) is 2.64. The molecule has 0 aliphatic heterocycles. The molecule has 2 N–H and O–H groups in total. The van der Waals surface area contributed by atoms with E-state index in [1.165, 1.54) is 17.0 Å². The number of hydrogen-bond acceptors (Lipinski definition) is 5. The molecule has 8 heteroatoms. The predicted octanol–water partition coefficient (Wildman–Crippen LogP) is 2.08. The summed E-state index contributed by atoms with van der Waals surface area (Å²) < 4.78 is 23.4. The highest BCUT2D eigenvalue weighted by Crippen LogP contribution is 2.28. The molecule has 0 aliphatic carbocycles. The molecule has 7 nitrogen and oxygen atoms in total. The number of quaternary nitrogens is 1. The van der Waals surface area contributed by atoms with Crippen LogP contribution in [-0.4, -0.2) is 39.2 Å². The summed E-state index contributed by atoms with van der Waals surface area (Å²) in [6.45, 7) is 6.57. The summed E-state index contributed by atoms with van der Waals surface area (Å²) >= 11 is 0. The van der Waals surface area contributed by atoms with Crippen LogP contribution in [0.15, 0.2) is 53.4 Å². The second kappa shape index (κ2) is 8.96. The Morgan fingerprint density at radius 2 is 1.74 bits per heavy atom. The van der Waals surface area contributed by atoms with E-state index in [0.717, 1.165) is 31.0 Å². The molecule has 27 heavy (non-hydrogen) atoms. The van der Waals surface area contributed by atoms with Crippen LogP contribution in [0.4, 0.5) is 11.4 Å². The van der Waals surface area contributed by atoms with Crippen LogP contribution in [0.2, 0.25) is 0 Å². The Labute approximate surface area is 160 Å². The number of nitrogens with zero attached hydrogens (tertiary/aromatic N) is 1. The lowest BCUT2D eigenvalue weighted by Gasteiger charge is -2.27. The second-order valence-electron chi connectivity index (χ2n) is 6.42. The summed E-state index contributed by atoms with van der Waals surface area (Å²) in [5.41, 5.74) is 1.23. The maximum Gasteiger partial charge on any atom is 0.293 e. The number of rotatable bonds is 9. The zero-order valence-corrected chi connectivity index (χ0v) is 16.6. The standard InChI is InChI=1S/C19H25N3O4S/c1-4-21(5-2)19(15-9-7-6-8-10-15)14-20-17-12-11-16(27(3,25)26)13-18(17)22(23)24/h6-13,19-20H,4-5,14H2,1-3H3/p+1/t19-/m1/s1. The Hall–Kier alpha value is -2.45. The van der Waals surface area contributed by atoms with E-state index in [4.69, 9.17) is 0 Å². The highest BCUT2D eigenvalue weighted by Gasteiger charge is 2.24. The quantitative estimate of drug-likeness (QED) is 0.503. The largest absolute Gasteiger partial charge is 0.373 e. The van der Waals surface area contributed by atoms with Crippen molar-refractivity contribution in [1.82, 2.24) is 0 Å². The summed E-state index contributed by atoms with van der Waals surface area (Å²) in [6, 6.07) is 14.1. The molecule has 0 fully saturated rings. The van der Waals surface area contributed by atoms with Gasteiger partial charge >= 0.3 is 0 Å². The minimum Gasteiger partial charge on any atom is -0.373 e. The zero-order chi connectivity index (χ0) is 20.0. The normalized spacial score (nSPS) is 12.7. The van der Waals surface area contributed by atoms with E-state index >= 15 is 0 Å². The van der Waals surface area contributed by atoms with Crippen LogP contribution in [0.5, 0.6) is 0 Å². The van der Waals surface area contributed by atoms with Crippen molar-refractivity contribution in [3.05, 3.63) is 64.2 Å². The lowest BCUT2D eigenvalue weighted by molar-refractivity contribution is -0.926. The van der Waals surface area contributed by atoms with E-state index in [1.54, 1.807) is 0 Å². The molecule has 2 aromatic carbocycles. The van der Waals surface area contributed by atoms with Gasteiger partial charge in [0.25, 0.3) is 5.69 Å². The van der Waals surface area contributed by atoms with E-state index in [0.29, 0.717) is 12.2 Å². The molecule has 2 rings (SSSR count). The van der Waals surface area contributed by atoms with Crippen molar-refractivity contribution in [2.24, 2.45) is 0 Å². The van der Waals surface area contributed by atoms with Crippen LogP contribution in [-0.2, 0) is 9.84 Å². The van der Waals surface area contributed by atoms with Crippen molar-refractivity contribution in [2.75, 3.05) is 31.2 Å². The van der Waals surface area contributed by atoms with Gasteiger partial charge in [-0.3, -0.25) is 10.1 Å². The number of nitrogens with one attached hydrogen (secondary N) is 2.